The van der Waals surface area contributed by atoms with Crippen LogP contribution in [0.4, 0.5) is 0 Å². The molecule has 0 aliphatic rings. The minimum absolute atomic E-state index is 0.225. The molecule has 0 amide bonds. The Morgan fingerprint density at radius 3 is 2.56 bits per heavy atom. The minimum atomic E-state index is 0.225. The normalized spacial score (nSPS) is 15.4. The monoisotopic (exact) mass is 242 g/mol. The number of aliphatic hydroxyl groups is 1. The lowest BCUT2D eigenvalue weighted by atomic mass is 10.1. The SMILES string of the molecule is CC(C)c1cnc(CNC(C)C(C)CO)s1. The lowest BCUT2D eigenvalue weighted by Gasteiger charge is -2.18. The van der Waals surface area contributed by atoms with Crippen molar-refractivity contribution in [3.63, 3.8) is 0 Å². The Labute approximate surface area is 102 Å². The molecule has 0 saturated heterocycles. The van der Waals surface area contributed by atoms with Crippen LogP contribution >= 0.6 is 11.3 Å². The third-order valence-electron chi connectivity index (χ3n) is 2.86. The van der Waals surface area contributed by atoms with Gasteiger partial charge in [-0.3, -0.25) is 0 Å². The average Bonchev–Trinajstić information content (AvgIpc) is 2.73. The summed E-state index contributed by atoms with van der Waals surface area (Å²) in [6, 6.07) is 0.316. The van der Waals surface area contributed by atoms with E-state index in [1.807, 2.05) is 13.1 Å². The zero-order valence-electron chi connectivity index (χ0n) is 10.5. The smallest absolute Gasteiger partial charge is 0.107 e. The number of aromatic nitrogens is 1. The lowest BCUT2D eigenvalue weighted by Crippen LogP contribution is -2.33. The molecule has 1 aromatic rings. The topological polar surface area (TPSA) is 45.2 Å². The first-order valence-electron chi connectivity index (χ1n) is 5.83. The van der Waals surface area contributed by atoms with Gasteiger partial charge in [-0.25, -0.2) is 4.98 Å². The van der Waals surface area contributed by atoms with Crippen molar-refractivity contribution < 1.29 is 5.11 Å². The average molecular weight is 242 g/mol. The van der Waals surface area contributed by atoms with E-state index in [1.165, 1.54) is 4.88 Å². The first kappa shape index (κ1) is 13.6. The third kappa shape index (κ3) is 3.85. The van der Waals surface area contributed by atoms with Crippen LogP contribution in [0.15, 0.2) is 6.20 Å². The van der Waals surface area contributed by atoms with Crippen molar-refractivity contribution in [1.82, 2.24) is 10.3 Å². The van der Waals surface area contributed by atoms with Crippen molar-refractivity contribution in [2.75, 3.05) is 6.61 Å². The minimum Gasteiger partial charge on any atom is -0.396 e. The largest absolute Gasteiger partial charge is 0.396 e. The number of hydrogen-bond acceptors (Lipinski definition) is 4. The van der Waals surface area contributed by atoms with E-state index in [4.69, 9.17) is 5.11 Å². The fourth-order valence-corrected chi connectivity index (χ4v) is 2.15. The molecule has 16 heavy (non-hydrogen) atoms. The molecule has 2 unspecified atom stereocenters. The van der Waals surface area contributed by atoms with Gasteiger partial charge in [-0.1, -0.05) is 20.8 Å². The van der Waals surface area contributed by atoms with Gasteiger partial charge in [0.05, 0.1) is 0 Å². The second kappa shape index (κ2) is 6.33. The van der Waals surface area contributed by atoms with Crippen LogP contribution in [0.5, 0.6) is 0 Å². The molecule has 1 aromatic heterocycles. The molecule has 0 aliphatic carbocycles. The van der Waals surface area contributed by atoms with Gasteiger partial charge < -0.3 is 10.4 Å². The molecule has 0 aliphatic heterocycles. The predicted octanol–water partition coefficient (Wildman–Crippen LogP) is 2.37. The van der Waals surface area contributed by atoms with Crippen LogP contribution in [0, 0.1) is 5.92 Å². The highest BCUT2D eigenvalue weighted by Gasteiger charge is 2.11. The summed E-state index contributed by atoms with van der Waals surface area (Å²) in [5.41, 5.74) is 0. The lowest BCUT2D eigenvalue weighted by molar-refractivity contribution is 0.207. The fraction of sp³-hybridized carbons (Fsp3) is 0.750. The van der Waals surface area contributed by atoms with Crippen LogP contribution in [0.2, 0.25) is 0 Å². The van der Waals surface area contributed by atoms with Gasteiger partial charge in [0.1, 0.15) is 5.01 Å². The van der Waals surface area contributed by atoms with Crippen LogP contribution in [-0.4, -0.2) is 22.7 Å². The summed E-state index contributed by atoms with van der Waals surface area (Å²) in [5.74, 6) is 0.838. The molecule has 2 atom stereocenters. The van der Waals surface area contributed by atoms with Crippen molar-refractivity contribution in [3.05, 3.63) is 16.1 Å². The maximum absolute atomic E-state index is 9.03. The van der Waals surface area contributed by atoms with Crippen molar-refractivity contribution >= 4 is 11.3 Å². The molecule has 92 valence electrons. The standard InChI is InChI=1S/C12H22N2OS/c1-8(2)11-5-14-12(16-11)6-13-10(4)9(3)7-15/h5,8-10,13,15H,6-7H2,1-4H3. The van der Waals surface area contributed by atoms with Gasteiger partial charge in [0, 0.05) is 30.3 Å². The highest BCUT2D eigenvalue weighted by molar-refractivity contribution is 7.11. The van der Waals surface area contributed by atoms with E-state index in [0.29, 0.717) is 12.0 Å². The van der Waals surface area contributed by atoms with Gasteiger partial charge in [0.2, 0.25) is 0 Å². The highest BCUT2D eigenvalue weighted by Crippen LogP contribution is 2.21. The summed E-state index contributed by atoms with van der Waals surface area (Å²) in [4.78, 5) is 5.72. The van der Waals surface area contributed by atoms with E-state index in [2.05, 4.69) is 31.1 Å². The van der Waals surface area contributed by atoms with E-state index in [-0.39, 0.29) is 12.5 Å². The molecule has 0 bridgehead atoms. The molecular formula is C12H22N2OS. The summed E-state index contributed by atoms with van der Waals surface area (Å²) >= 11 is 1.77. The van der Waals surface area contributed by atoms with E-state index < -0.39 is 0 Å². The van der Waals surface area contributed by atoms with Crippen molar-refractivity contribution in [2.24, 2.45) is 5.92 Å². The number of aliphatic hydroxyl groups excluding tert-OH is 1. The second-order valence-corrected chi connectivity index (χ2v) is 5.79. The number of hydrogen-bond donors (Lipinski definition) is 2. The van der Waals surface area contributed by atoms with Gasteiger partial charge in [0.15, 0.2) is 0 Å². The Balaban J connectivity index is 2.42. The maximum atomic E-state index is 9.03. The maximum Gasteiger partial charge on any atom is 0.107 e. The van der Waals surface area contributed by atoms with Gasteiger partial charge >= 0.3 is 0 Å². The molecule has 4 heteroatoms. The summed E-state index contributed by atoms with van der Waals surface area (Å²) in [6.45, 7) is 9.52. The van der Waals surface area contributed by atoms with Crippen LogP contribution in [-0.2, 0) is 6.54 Å². The van der Waals surface area contributed by atoms with Crippen molar-refractivity contribution in [3.8, 4) is 0 Å². The van der Waals surface area contributed by atoms with Crippen LogP contribution in [0.3, 0.4) is 0 Å². The van der Waals surface area contributed by atoms with Crippen LogP contribution < -0.4 is 5.32 Å². The van der Waals surface area contributed by atoms with E-state index >= 15 is 0 Å². The number of nitrogens with one attached hydrogen (secondary N) is 1. The quantitative estimate of drug-likeness (QED) is 0.805. The molecule has 0 spiro atoms. The Morgan fingerprint density at radius 1 is 1.38 bits per heavy atom. The third-order valence-corrected chi connectivity index (χ3v) is 4.16. The summed E-state index contributed by atoms with van der Waals surface area (Å²) in [6.07, 6.45) is 1.96. The van der Waals surface area contributed by atoms with Gasteiger partial charge in [-0.05, 0) is 18.8 Å². The van der Waals surface area contributed by atoms with E-state index in [0.717, 1.165) is 11.6 Å². The first-order valence-corrected chi connectivity index (χ1v) is 6.65. The zero-order chi connectivity index (χ0) is 12.1. The van der Waals surface area contributed by atoms with Crippen molar-refractivity contribution in [2.45, 2.75) is 46.2 Å². The molecule has 0 aromatic carbocycles. The summed E-state index contributed by atoms with van der Waals surface area (Å²) in [7, 11) is 0. The van der Waals surface area contributed by atoms with Crippen LogP contribution in [0.25, 0.3) is 0 Å². The van der Waals surface area contributed by atoms with Gasteiger partial charge in [-0.2, -0.15) is 0 Å². The number of rotatable bonds is 6. The van der Waals surface area contributed by atoms with Crippen molar-refractivity contribution in [1.29, 1.82) is 0 Å². The van der Waals surface area contributed by atoms with Crippen LogP contribution in [0.1, 0.15) is 43.5 Å². The summed E-state index contributed by atoms with van der Waals surface area (Å²) < 4.78 is 0. The molecular weight excluding hydrogens is 220 g/mol. The summed E-state index contributed by atoms with van der Waals surface area (Å²) in [5, 5.41) is 13.5. The molecule has 1 rings (SSSR count). The Bertz CT molecular complexity index is 312. The first-order chi connectivity index (χ1) is 7.54. The molecule has 1 heterocycles. The molecule has 0 saturated carbocycles. The number of thiazole rings is 1. The molecule has 3 nitrogen and oxygen atoms in total. The second-order valence-electron chi connectivity index (χ2n) is 4.64. The highest BCUT2D eigenvalue weighted by atomic mass is 32.1. The predicted molar refractivity (Wildman–Crippen MR) is 68.8 cm³/mol. The molecule has 2 N–H and O–H groups in total. The van der Waals surface area contributed by atoms with Gasteiger partial charge in [-0.15, -0.1) is 11.3 Å². The number of nitrogens with zero attached hydrogens (tertiary/aromatic N) is 1. The Kier molecular flexibility index (Phi) is 5.38. The Hall–Kier alpha value is -0.450. The molecule has 0 radical (unpaired) electrons. The Morgan fingerprint density at radius 2 is 2.06 bits per heavy atom. The molecule has 0 fully saturated rings. The zero-order valence-corrected chi connectivity index (χ0v) is 11.3. The van der Waals surface area contributed by atoms with Gasteiger partial charge in [0.25, 0.3) is 0 Å². The van der Waals surface area contributed by atoms with E-state index in [9.17, 15) is 0 Å². The van der Waals surface area contributed by atoms with E-state index in [1.54, 1.807) is 11.3 Å². The fourth-order valence-electron chi connectivity index (χ4n) is 1.28.